The highest BCUT2D eigenvalue weighted by Gasteiger charge is 2.25. The minimum Gasteiger partial charge on any atom is -0.376 e. The second-order valence-electron chi connectivity index (χ2n) is 7.70. The van der Waals surface area contributed by atoms with E-state index in [0.29, 0.717) is 18.8 Å². The van der Waals surface area contributed by atoms with Gasteiger partial charge in [-0.2, -0.15) is 4.31 Å². The number of nitrogens with zero attached hydrogens (tertiary/aromatic N) is 1. The molecule has 1 aromatic rings. The number of carbonyl (C=O) groups is 2. The summed E-state index contributed by atoms with van der Waals surface area (Å²) in [5, 5.41) is 8.02. The number of anilines is 1. The molecule has 160 valence electrons. The lowest BCUT2D eigenvalue weighted by atomic mass is 10.2. The molecule has 0 atom stereocenters. The van der Waals surface area contributed by atoms with Crippen LogP contribution in [0.3, 0.4) is 0 Å². The molecule has 1 saturated carbocycles. The summed E-state index contributed by atoms with van der Waals surface area (Å²) in [5.41, 5.74) is 0.617. The lowest BCUT2D eigenvalue weighted by Crippen LogP contribution is -2.45. The molecule has 2 aliphatic rings. The Morgan fingerprint density at radius 2 is 1.55 bits per heavy atom. The van der Waals surface area contributed by atoms with Gasteiger partial charge >= 0.3 is 6.03 Å². The van der Waals surface area contributed by atoms with Gasteiger partial charge in [0, 0.05) is 24.8 Å². The SMILES string of the molecule is O=C(CNc1ccc(S(=O)(=O)N2CCCCCC2)cc1)NC(=O)NC1CCCC1. The Balaban J connectivity index is 1.48. The fourth-order valence-electron chi connectivity index (χ4n) is 3.82. The van der Waals surface area contributed by atoms with Crippen LogP contribution >= 0.6 is 0 Å². The molecular weight excluding hydrogens is 392 g/mol. The number of hydrogen-bond acceptors (Lipinski definition) is 5. The number of imide groups is 1. The van der Waals surface area contributed by atoms with Crippen molar-refractivity contribution in [2.24, 2.45) is 0 Å². The minimum atomic E-state index is -3.49. The number of urea groups is 1. The van der Waals surface area contributed by atoms with E-state index in [0.717, 1.165) is 51.4 Å². The molecule has 0 radical (unpaired) electrons. The molecule has 0 bridgehead atoms. The molecule has 2 fully saturated rings. The molecule has 1 heterocycles. The van der Waals surface area contributed by atoms with Crippen molar-refractivity contribution < 1.29 is 18.0 Å². The largest absolute Gasteiger partial charge is 0.376 e. The molecular formula is C20H30N4O4S. The maximum atomic E-state index is 12.8. The van der Waals surface area contributed by atoms with E-state index in [9.17, 15) is 18.0 Å². The van der Waals surface area contributed by atoms with Crippen LogP contribution in [0.5, 0.6) is 0 Å². The molecule has 3 N–H and O–H groups in total. The molecule has 1 saturated heterocycles. The van der Waals surface area contributed by atoms with Gasteiger partial charge in [-0.1, -0.05) is 25.7 Å². The Morgan fingerprint density at radius 1 is 0.931 bits per heavy atom. The van der Waals surface area contributed by atoms with E-state index in [1.807, 2.05) is 0 Å². The smallest absolute Gasteiger partial charge is 0.321 e. The van der Waals surface area contributed by atoms with Crippen molar-refractivity contribution in [2.45, 2.75) is 62.3 Å². The first-order valence-corrected chi connectivity index (χ1v) is 11.8. The monoisotopic (exact) mass is 422 g/mol. The average molecular weight is 423 g/mol. The number of carbonyl (C=O) groups excluding carboxylic acids is 2. The Morgan fingerprint density at radius 3 is 2.17 bits per heavy atom. The predicted molar refractivity (Wildman–Crippen MR) is 111 cm³/mol. The van der Waals surface area contributed by atoms with E-state index in [4.69, 9.17) is 0 Å². The van der Waals surface area contributed by atoms with E-state index in [-0.39, 0.29) is 17.5 Å². The van der Waals surface area contributed by atoms with Crippen molar-refractivity contribution in [1.29, 1.82) is 0 Å². The van der Waals surface area contributed by atoms with Crippen LogP contribution in [0.25, 0.3) is 0 Å². The van der Waals surface area contributed by atoms with E-state index in [2.05, 4.69) is 16.0 Å². The van der Waals surface area contributed by atoms with Gasteiger partial charge in [-0.05, 0) is 49.9 Å². The van der Waals surface area contributed by atoms with Crippen molar-refractivity contribution in [1.82, 2.24) is 14.9 Å². The molecule has 3 rings (SSSR count). The van der Waals surface area contributed by atoms with Crippen molar-refractivity contribution in [3.05, 3.63) is 24.3 Å². The van der Waals surface area contributed by atoms with E-state index >= 15 is 0 Å². The van der Waals surface area contributed by atoms with Crippen LogP contribution in [0, 0.1) is 0 Å². The zero-order chi connectivity index (χ0) is 20.7. The third-order valence-corrected chi connectivity index (χ3v) is 7.37. The summed E-state index contributed by atoms with van der Waals surface area (Å²) in [6.07, 6.45) is 8.02. The summed E-state index contributed by atoms with van der Waals surface area (Å²) in [6.45, 7) is 1.05. The standard InChI is InChI=1S/C20H30N4O4S/c25-19(23-20(26)22-17-7-3-4-8-17)15-21-16-9-11-18(12-10-16)29(27,28)24-13-5-1-2-6-14-24/h9-12,17,21H,1-8,13-15H2,(H2,22,23,25,26). The summed E-state index contributed by atoms with van der Waals surface area (Å²) >= 11 is 0. The molecule has 29 heavy (non-hydrogen) atoms. The van der Waals surface area contributed by atoms with Crippen LogP contribution in [0.15, 0.2) is 29.2 Å². The average Bonchev–Trinajstić information content (AvgIpc) is 3.04. The first-order chi connectivity index (χ1) is 13.9. The van der Waals surface area contributed by atoms with E-state index in [1.165, 1.54) is 0 Å². The van der Waals surface area contributed by atoms with Crippen molar-refractivity contribution >= 4 is 27.6 Å². The molecule has 0 spiro atoms. The van der Waals surface area contributed by atoms with Gasteiger partial charge in [0.15, 0.2) is 0 Å². The highest BCUT2D eigenvalue weighted by atomic mass is 32.2. The van der Waals surface area contributed by atoms with E-state index < -0.39 is 22.0 Å². The van der Waals surface area contributed by atoms with Crippen LogP contribution in [-0.4, -0.2) is 50.3 Å². The Kier molecular flexibility index (Phi) is 7.49. The summed E-state index contributed by atoms with van der Waals surface area (Å²) in [4.78, 5) is 24.0. The number of rotatable bonds is 6. The quantitative estimate of drug-likeness (QED) is 0.653. The highest BCUT2D eigenvalue weighted by Crippen LogP contribution is 2.21. The van der Waals surface area contributed by atoms with Crippen LogP contribution in [0.1, 0.15) is 51.4 Å². The van der Waals surface area contributed by atoms with Crippen LogP contribution in [-0.2, 0) is 14.8 Å². The Hall–Kier alpha value is -2.13. The predicted octanol–water partition coefficient (Wildman–Crippen LogP) is 2.43. The molecule has 0 unspecified atom stereocenters. The number of amides is 3. The number of sulfonamides is 1. The van der Waals surface area contributed by atoms with Gasteiger partial charge in [-0.25, -0.2) is 13.2 Å². The van der Waals surface area contributed by atoms with Gasteiger partial charge in [-0.15, -0.1) is 0 Å². The minimum absolute atomic E-state index is 0.0731. The van der Waals surface area contributed by atoms with Crippen LogP contribution in [0.2, 0.25) is 0 Å². The zero-order valence-electron chi connectivity index (χ0n) is 16.7. The first kappa shape index (κ1) is 21.6. The third-order valence-electron chi connectivity index (χ3n) is 5.45. The van der Waals surface area contributed by atoms with Crippen molar-refractivity contribution in [3.8, 4) is 0 Å². The maximum absolute atomic E-state index is 12.8. The highest BCUT2D eigenvalue weighted by molar-refractivity contribution is 7.89. The molecule has 8 nitrogen and oxygen atoms in total. The van der Waals surface area contributed by atoms with Gasteiger partial charge in [-0.3, -0.25) is 10.1 Å². The Bertz CT molecular complexity index is 796. The lowest BCUT2D eigenvalue weighted by Gasteiger charge is -2.20. The van der Waals surface area contributed by atoms with Gasteiger partial charge in [0.1, 0.15) is 0 Å². The summed E-state index contributed by atoms with van der Waals surface area (Å²) < 4.78 is 27.1. The van der Waals surface area contributed by atoms with Crippen LogP contribution in [0.4, 0.5) is 10.5 Å². The molecule has 0 aromatic heterocycles. The summed E-state index contributed by atoms with van der Waals surface area (Å²) in [5.74, 6) is -0.443. The Labute approximate surface area is 172 Å². The molecule has 9 heteroatoms. The molecule has 1 aliphatic carbocycles. The van der Waals surface area contributed by atoms with E-state index in [1.54, 1.807) is 28.6 Å². The molecule has 3 amide bonds. The van der Waals surface area contributed by atoms with Crippen molar-refractivity contribution in [2.75, 3.05) is 25.0 Å². The van der Waals surface area contributed by atoms with Crippen LogP contribution < -0.4 is 16.0 Å². The molecule has 1 aliphatic heterocycles. The van der Waals surface area contributed by atoms with Gasteiger partial charge < -0.3 is 10.6 Å². The van der Waals surface area contributed by atoms with Gasteiger partial charge in [0.2, 0.25) is 15.9 Å². The first-order valence-electron chi connectivity index (χ1n) is 10.4. The summed E-state index contributed by atoms with van der Waals surface area (Å²) in [6, 6.07) is 6.05. The number of nitrogens with one attached hydrogen (secondary N) is 3. The third kappa shape index (κ3) is 6.17. The second kappa shape index (κ2) is 10.1. The van der Waals surface area contributed by atoms with Crippen molar-refractivity contribution in [3.63, 3.8) is 0 Å². The van der Waals surface area contributed by atoms with Gasteiger partial charge in [0.25, 0.3) is 0 Å². The molecule has 1 aromatic carbocycles. The zero-order valence-corrected chi connectivity index (χ0v) is 17.5. The fourth-order valence-corrected chi connectivity index (χ4v) is 5.34. The second-order valence-corrected chi connectivity index (χ2v) is 9.64. The lowest BCUT2D eigenvalue weighted by molar-refractivity contribution is -0.118. The topological polar surface area (TPSA) is 108 Å². The van der Waals surface area contributed by atoms with Gasteiger partial charge in [0.05, 0.1) is 11.4 Å². The number of benzene rings is 1. The fraction of sp³-hybridized carbons (Fsp3) is 0.600. The number of hydrogen-bond donors (Lipinski definition) is 3. The maximum Gasteiger partial charge on any atom is 0.321 e. The summed E-state index contributed by atoms with van der Waals surface area (Å²) in [7, 11) is -3.49. The normalized spacial score (nSPS) is 18.8.